The lowest BCUT2D eigenvalue weighted by molar-refractivity contribution is 0.581. The molecule has 0 spiro atoms. The monoisotopic (exact) mass is 267 g/mol. The van der Waals surface area contributed by atoms with Crippen molar-refractivity contribution >= 4 is 20.9 Å². The molecule has 0 aliphatic rings. The first-order chi connectivity index (χ1) is 8.38. The molecule has 1 heterocycles. The maximum Gasteiger partial charge on any atom is 0.147 e. The Morgan fingerprint density at radius 2 is 2.06 bits per heavy atom. The summed E-state index contributed by atoms with van der Waals surface area (Å²) in [4.78, 5) is 4.46. The number of aryl methyl sites for hydroxylation is 1. The highest BCUT2D eigenvalue weighted by atomic mass is 32.2. The van der Waals surface area contributed by atoms with Crippen molar-refractivity contribution in [3.8, 4) is 0 Å². The van der Waals surface area contributed by atoms with E-state index in [4.69, 9.17) is 5.73 Å². The lowest BCUT2D eigenvalue weighted by Crippen LogP contribution is -2.19. The van der Waals surface area contributed by atoms with E-state index in [0.29, 0.717) is 6.42 Å². The van der Waals surface area contributed by atoms with Gasteiger partial charge in [0.1, 0.15) is 15.7 Å². The SMILES string of the molecule is Cn1c(C(N)CCS(C)(=O)=O)nc2ccccc21. The minimum absolute atomic E-state index is 0.0807. The summed E-state index contributed by atoms with van der Waals surface area (Å²) in [6.45, 7) is 0. The number of fused-ring (bicyclic) bond motifs is 1. The summed E-state index contributed by atoms with van der Waals surface area (Å²) in [5.74, 6) is 0.803. The molecular formula is C12H17N3O2S. The highest BCUT2D eigenvalue weighted by molar-refractivity contribution is 7.90. The Labute approximate surface area is 107 Å². The smallest absolute Gasteiger partial charge is 0.147 e. The van der Waals surface area contributed by atoms with Gasteiger partial charge in [-0.3, -0.25) is 0 Å². The van der Waals surface area contributed by atoms with Crippen LogP contribution in [0.2, 0.25) is 0 Å². The molecule has 0 saturated carbocycles. The molecule has 0 amide bonds. The molecule has 0 radical (unpaired) electrons. The number of sulfone groups is 1. The van der Waals surface area contributed by atoms with Gasteiger partial charge in [-0.15, -0.1) is 0 Å². The van der Waals surface area contributed by atoms with Crippen LogP contribution in [0.1, 0.15) is 18.3 Å². The summed E-state index contributed by atoms with van der Waals surface area (Å²) in [6.07, 6.45) is 1.60. The first kappa shape index (κ1) is 13.0. The number of hydrogen-bond acceptors (Lipinski definition) is 4. The molecule has 2 N–H and O–H groups in total. The van der Waals surface area contributed by atoms with Gasteiger partial charge in [0.05, 0.1) is 22.8 Å². The van der Waals surface area contributed by atoms with E-state index in [1.165, 1.54) is 6.26 Å². The second-order valence-electron chi connectivity index (χ2n) is 4.54. The Balaban J connectivity index is 2.28. The molecule has 0 aliphatic carbocycles. The summed E-state index contributed by atoms with van der Waals surface area (Å²) in [6, 6.07) is 7.38. The number of hydrogen-bond donors (Lipinski definition) is 1. The van der Waals surface area contributed by atoms with Gasteiger partial charge in [-0.25, -0.2) is 13.4 Å². The normalized spacial score (nSPS) is 13.9. The van der Waals surface area contributed by atoms with Crippen LogP contribution in [-0.4, -0.2) is 30.0 Å². The number of aromatic nitrogens is 2. The van der Waals surface area contributed by atoms with Crippen LogP contribution < -0.4 is 5.73 Å². The van der Waals surface area contributed by atoms with Crippen molar-refractivity contribution in [2.45, 2.75) is 12.5 Å². The summed E-state index contributed by atoms with van der Waals surface area (Å²) in [5, 5.41) is 0. The van der Waals surface area contributed by atoms with E-state index in [9.17, 15) is 8.42 Å². The molecule has 0 saturated heterocycles. The van der Waals surface area contributed by atoms with Gasteiger partial charge in [0.15, 0.2) is 0 Å². The van der Waals surface area contributed by atoms with Gasteiger partial charge in [-0.2, -0.15) is 0 Å². The van der Waals surface area contributed by atoms with E-state index in [1.54, 1.807) is 0 Å². The third-order valence-corrected chi connectivity index (χ3v) is 3.93. The Morgan fingerprint density at radius 3 is 2.67 bits per heavy atom. The van der Waals surface area contributed by atoms with Gasteiger partial charge in [0.25, 0.3) is 0 Å². The molecule has 2 aromatic rings. The van der Waals surface area contributed by atoms with Crippen LogP contribution in [0.15, 0.2) is 24.3 Å². The van der Waals surface area contributed by atoms with E-state index in [0.717, 1.165) is 16.9 Å². The van der Waals surface area contributed by atoms with Crippen LogP contribution in [0.3, 0.4) is 0 Å². The van der Waals surface area contributed by atoms with E-state index in [-0.39, 0.29) is 11.8 Å². The molecular weight excluding hydrogens is 250 g/mol. The molecule has 0 fully saturated rings. The molecule has 18 heavy (non-hydrogen) atoms. The third-order valence-electron chi connectivity index (χ3n) is 2.95. The Morgan fingerprint density at radius 1 is 1.39 bits per heavy atom. The number of para-hydroxylation sites is 2. The first-order valence-corrected chi connectivity index (χ1v) is 7.79. The molecule has 0 aliphatic heterocycles. The quantitative estimate of drug-likeness (QED) is 0.896. The highest BCUT2D eigenvalue weighted by Crippen LogP contribution is 2.20. The molecule has 6 heteroatoms. The Kier molecular flexibility index (Phi) is 3.41. The first-order valence-electron chi connectivity index (χ1n) is 5.73. The zero-order valence-corrected chi connectivity index (χ0v) is 11.3. The average Bonchev–Trinajstić information content (AvgIpc) is 2.64. The van der Waals surface area contributed by atoms with Crippen LogP contribution in [0.5, 0.6) is 0 Å². The van der Waals surface area contributed by atoms with Gasteiger partial charge in [0, 0.05) is 13.3 Å². The Bertz CT molecular complexity index is 661. The van der Waals surface area contributed by atoms with Crippen LogP contribution in [0.25, 0.3) is 11.0 Å². The topological polar surface area (TPSA) is 78.0 Å². The predicted octanol–water partition coefficient (Wildman–Crippen LogP) is 1.01. The lowest BCUT2D eigenvalue weighted by Gasteiger charge is -2.10. The molecule has 5 nitrogen and oxygen atoms in total. The lowest BCUT2D eigenvalue weighted by atomic mass is 10.2. The number of nitrogens with zero attached hydrogens (tertiary/aromatic N) is 2. The van der Waals surface area contributed by atoms with Gasteiger partial charge < -0.3 is 10.3 Å². The van der Waals surface area contributed by atoms with Crippen LogP contribution >= 0.6 is 0 Å². The van der Waals surface area contributed by atoms with E-state index >= 15 is 0 Å². The number of nitrogens with two attached hydrogens (primary N) is 1. The molecule has 1 aromatic heterocycles. The van der Waals surface area contributed by atoms with Crippen molar-refractivity contribution < 1.29 is 8.42 Å². The van der Waals surface area contributed by atoms with E-state index in [2.05, 4.69) is 4.98 Å². The molecule has 1 atom stereocenters. The van der Waals surface area contributed by atoms with Crippen molar-refractivity contribution in [2.75, 3.05) is 12.0 Å². The maximum atomic E-state index is 11.1. The average molecular weight is 267 g/mol. The standard InChI is InChI=1S/C12H17N3O2S/c1-15-11-6-4-3-5-10(11)14-12(15)9(13)7-8-18(2,16)17/h3-6,9H,7-8,13H2,1-2H3. The largest absolute Gasteiger partial charge is 0.330 e. The van der Waals surface area contributed by atoms with Gasteiger partial charge in [0.2, 0.25) is 0 Å². The van der Waals surface area contributed by atoms with Crippen molar-refractivity contribution in [2.24, 2.45) is 12.8 Å². The Hall–Kier alpha value is -1.40. The molecule has 0 bridgehead atoms. The third kappa shape index (κ3) is 2.70. The molecule has 1 unspecified atom stereocenters. The fraction of sp³-hybridized carbons (Fsp3) is 0.417. The zero-order valence-electron chi connectivity index (χ0n) is 10.5. The number of imidazole rings is 1. The summed E-state index contributed by atoms with van der Waals surface area (Å²) in [7, 11) is -1.09. The van der Waals surface area contributed by atoms with Crippen LogP contribution in [0.4, 0.5) is 0 Å². The summed E-state index contributed by atoms with van der Waals surface area (Å²) in [5.41, 5.74) is 7.90. The highest BCUT2D eigenvalue weighted by Gasteiger charge is 2.16. The van der Waals surface area contributed by atoms with E-state index < -0.39 is 9.84 Å². The maximum absolute atomic E-state index is 11.1. The number of rotatable bonds is 4. The summed E-state index contributed by atoms with van der Waals surface area (Å²) >= 11 is 0. The molecule has 1 aromatic carbocycles. The molecule has 98 valence electrons. The van der Waals surface area contributed by atoms with Gasteiger partial charge in [-0.05, 0) is 18.6 Å². The van der Waals surface area contributed by atoms with Crippen LogP contribution in [0, 0.1) is 0 Å². The van der Waals surface area contributed by atoms with Crippen molar-refractivity contribution in [3.63, 3.8) is 0 Å². The molecule has 2 rings (SSSR count). The fourth-order valence-electron chi connectivity index (χ4n) is 1.97. The summed E-state index contributed by atoms with van der Waals surface area (Å²) < 4.78 is 24.2. The fourth-order valence-corrected chi connectivity index (χ4v) is 2.65. The van der Waals surface area contributed by atoms with E-state index in [1.807, 2.05) is 35.9 Å². The minimum Gasteiger partial charge on any atom is -0.330 e. The van der Waals surface area contributed by atoms with Crippen LogP contribution in [-0.2, 0) is 16.9 Å². The van der Waals surface area contributed by atoms with Crippen molar-refractivity contribution in [1.29, 1.82) is 0 Å². The van der Waals surface area contributed by atoms with Gasteiger partial charge >= 0.3 is 0 Å². The predicted molar refractivity (Wildman–Crippen MR) is 72.0 cm³/mol. The van der Waals surface area contributed by atoms with Gasteiger partial charge in [-0.1, -0.05) is 12.1 Å². The zero-order chi connectivity index (χ0) is 13.3. The number of benzene rings is 1. The minimum atomic E-state index is -2.99. The van der Waals surface area contributed by atoms with Crippen molar-refractivity contribution in [3.05, 3.63) is 30.1 Å². The van der Waals surface area contributed by atoms with Crippen molar-refractivity contribution in [1.82, 2.24) is 9.55 Å². The second kappa shape index (κ2) is 4.70. The second-order valence-corrected chi connectivity index (χ2v) is 6.80.